The number of hydrogen-bond acceptors (Lipinski definition) is 8. The third kappa shape index (κ3) is 7.31. The number of carbonyl (C=O) groups excluding carboxylic acids is 3. The van der Waals surface area contributed by atoms with Gasteiger partial charge >= 0.3 is 17.9 Å². The minimum atomic E-state index is -1.63. The molecule has 116 valence electrons. The van der Waals surface area contributed by atoms with Gasteiger partial charge in [0.1, 0.15) is 11.3 Å². The smallest absolute Gasteiger partial charge is 0.372 e. The highest BCUT2D eigenvalue weighted by molar-refractivity contribution is 8.00. The van der Waals surface area contributed by atoms with E-state index in [9.17, 15) is 19.2 Å². The molecule has 8 nitrogen and oxygen atoms in total. The van der Waals surface area contributed by atoms with Crippen LogP contribution in [0.15, 0.2) is 0 Å². The first kappa shape index (κ1) is 21.0. The quantitative estimate of drug-likeness (QED) is 0.434. The molecule has 0 rings (SSSR count). The number of esters is 2. The van der Waals surface area contributed by atoms with Crippen molar-refractivity contribution < 1.29 is 33.8 Å². The van der Waals surface area contributed by atoms with Gasteiger partial charge in [0.2, 0.25) is 5.78 Å². The molecule has 0 spiro atoms. The van der Waals surface area contributed by atoms with Crippen LogP contribution in [-0.2, 0) is 28.7 Å². The maximum atomic E-state index is 11.4. The first-order valence-electron chi connectivity index (χ1n) is 5.12. The molecule has 20 heavy (non-hydrogen) atoms. The highest BCUT2D eigenvalue weighted by Gasteiger charge is 2.28. The van der Waals surface area contributed by atoms with Crippen LogP contribution in [0, 0.1) is 0 Å². The van der Waals surface area contributed by atoms with Gasteiger partial charge in [0, 0.05) is 12.2 Å². The number of nitrogens with two attached hydrogens (primary N) is 1. The Morgan fingerprint density at radius 1 is 1.15 bits per heavy atom. The summed E-state index contributed by atoms with van der Waals surface area (Å²) in [5, 5.41) is 7.46. The number of ketones is 1. The van der Waals surface area contributed by atoms with E-state index in [4.69, 9.17) is 10.8 Å². The Labute approximate surface area is 125 Å². The molecule has 3 N–H and O–H groups in total. The number of carboxylic acids is 1. The maximum absolute atomic E-state index is 11.4. The lowest BCUT2D eigenvalue weighted by molar-refractivity contribution is -0.150. The molecule has 0 saturated carbocycles. The first-order valence-corrected chi connectivity index (χ1v) is 6.17. The van der Waals surface area contributed by atoms with Crippen molar-refractivity contribution in [3.8, 4) is 0 Å². The maximum Gasteiger partial charge on any atom is 0.372 e. The van der Waals surface area contributed by atoms with Crippen molar-refractivity contribution in [2.45, 2.75) is 17.7 Å². The molecule has 0 saturated heterocycles. The minimum Gasteiger partial charge on any atom is -0.476 e. The third-order valence-electron chi connectivity index (χ3n) is 2.05. The molecule has 1 unspecified atom stereocenters. The van der Waals surface area contributed by atoms with E-state index in [0.717, 1.165) is 18.9 Å². The topological polar surface area (TPSA) is 133 Å². The van der Waals surface area contributed by atoms with Crippen LogP contribution in [0.1, 0.15) is 6.42 Å². The van der Waals surface area contributed by atoms with Gasteiger partial charge in [-0.1, -0.05) is 0 Å². The summed E-state index contributed by atoms with van der Waals surface area (Å²) in [6.07, 6.45) is -0.527. The summed E-state index contributed by atoms with van der Waals surface area (Å²) in [7, 11) is 2.28. The number of carboxylic acid groups (broad SMARTS) is 1. The predicted octanol–water partition coefficient (Wildman–Crippen LogP) is -0.773. The summed E-state index contributed by atoms with van der Waals surface area (Å²) >= 11 is 0.867. The summed E-state index contributed by atoms with van der Waals surface area (Å²) < 4.78 is 8.85. The van der Waals surface area contributed by atoms with Gasteiger partial charge in [-0.2, -0.15) is 0 Å². The number of thioether (sulfide) groups is 1. The van der Waals surface area contributed by atoms with E-state index in [1.165, 1.54) is 7.11 Å². The SMILES string of the molecule is COC(=O)C(CC(=O)C(=O)O)SC[C@H](N)C(=O)OC.Cl. The molecule has 0 fully saturated rings. The Morgan fingerprint density at radius 2 is 1.65 bits per heavy atom. The van der Waals surface area contributed by atoms with Crippen LogP contribution >= 0.6 is 24.2 Å². The molecular weight excluding hydrogens is 314 g/mol. The average Bonchev–Trinajstić information content (AvgIpc) is 2.40. The zero-order valence-electron chi connectivity index (χ0n) is 10.9. The molecule has 0 aliphatic heterocycles. The Hall–Kier alpha value is -1.32. The summed E-state index contributed by atoms with van der Waals surface area (Å²) in [6, 6.07) is -0.970. The number of hydrogen-bond donors (Lipinski definition) is 2. The lowest BCUT2D eigenvalue weighted by Crippen LogP contribution is -2.36. The fourth-order valence-electron chi connectivity index (χ4n) is 1.04. The van der Waals surface area contributed by atoms with Gasteiger partial charge in [-0.3, -0.25) is 14.4 Å². The van der Waals surface area contributed by atoms with Crippen LogP contribution in [0.4, 0.5) is 0 Å². The van der Waals surface area contributed by atoms with Gasteiger partial charge in [-0.05, 0) is 0 Å². The van der Waals surface area contributed by atoms with E-state index in [2.05, 4.69) is 9.47 Å². The highest BCUT2D eigenvalue weighted by atomic mass is 35.5. The summed E-state index contributed by atoms with van der Waals surface area (Å²) in [5.41, 5.74) is 5.46. The number of methoxy groups -OCH3 is 2. The molecule has 2 atom stereocenters. The second-order valence-corrected chi connectivity index (χ2v) is 4.64. The average molecular weight is 330 g/mol. The van der Waals surface area contributed by atoms with Crippen molar-refractivity contribution in [3.05, 3.63) is 0 Å². The molecule has 0 amide bonds. The monoisotopic (exact) mass is 329 g/mol. The van der Waals surface area contributed by atoms with Crippen LogP contribution < -0.4 is 5.73 Å². The van der Waals surface area contributed by atoms with Crippen LogP contribution in [0.25, 0.3) is 0 Å². The van der Waals surface area contributed by atoms with Gasteiger partial charge in [0.25, 0.3) is 0 Å². The van der Waals surface area contributed by atoms with Crippen LogP contribution in [0.5, 0.6) is 0 Å². The number of carbonyl (C=O) groups is 4. The van der Waals surface area contributed by atoms with Crippen molar-refractivity contribution in [1.82, 2.24) is 0 Å². The van der Waals surface area contributed by atoms with Crippen molar-refractivity contribution in [1.29, 1.82) is 0 Å². The van der Waals surface area contributed by atoms with Crippen LogP contribution in [0.3, 0.4) is 0 Å². The summed E-state index contributed by atoms with van der Waals surface area (Å²) in [4.78, 5) is 43.9. The molecule has 0 bridgehead atoms. The van der Waals surface area contributed by atoms with E-state index in [1.807, 2.05) is 0 Å². The van der Waals surface area contributed by atoms with Crippen molar-refractivity contribution in [2.24, 2.45) is 5.73 Å². The number of Topliss-reactive ketones (excluding diaryl/α,β-unsaturated/α-hetero) is 1. The van der Waals surface area contributed by atoms with Crippen molar-refractivity contribution in [3.63, 3.8) is 0 Å². The van der Waals surface area contributed by atoms with E-state index in [-0.39, 0.29) is 18.2 Å². The molecule has 0 aliphatic carbocycles. The molecular formula is C10H16ClNO7S. The number of rotatable bonds is 8. The standard InChI is InChI=1S/C10H15NO7S.ClH/c1-17-9(15)5(11)4-19-7(10(16)18-2)3-6(12)8(13)14;/h5,7H,3-4,11H2,1-2H3,(H,13,14);1H/t5-,7?;/m0./s1. The van der Waals surface area contributed by atoms with Gasteiger partial charge in [-0.25, -0.2) is 4.79 Å². The zero-order chi connectivity index (χ0) is 15.0. The fourth-order valence-corrected chi connectivity index (χ4v) is 2.11. The van der Waals surface area contributed by atoms with E-state index in [1.54, 1.807) is 0 Å². The number of ether oxygens (including phenoxy) is 2. The fraction of sp³-hybridized carbons (Fsp3) is 0.600. The third-order valence-corrected chi connectivity index (χ3v) is 3.37. The molecule has 0 aliphatic rings. The van der Waals surface area contributed by atoms with Gasteiger partial charge in [0.05, 0.1) is 14.2 Å². The Morgan fingerprint density at radius 3 is 2.05 bits per heavy atom. The molecule has 0 heterocycles. The van der Waals surface area contributed by atoms with Crippen LogP contribution in [0.2, 0.25) is 0 Å². The predicted molar refractivity (Wildman–Crippen MR) is 72.8 cm³/mol. The largest absolute Gasteiger partial charge is 0.476 e. The second kappa shape index (κ2) is 10.5. The van der Waals surface area contributed by atoms with Gasteiger partial charge in [-0.15, -0.1) is 24.2 Å². The molecule has 10 heteroatoms. The summed E-state index contributed by atoms with van der Waals surface area (Å²) in [6.45, 7) is 0. The van der Waals surface area contributed by atoms with Gasteiger partial charge in [0.15, 0.2) is 0 Å². The first-order chi connectivity index (χ1) is 8.83. The van der Waals surface area contributed by atoms with E-state index in [0.29, 0.717) is 0 Å². The minimum absolute atomic E-state index is 0. The normalized spacial score (nSPS) is 12.6. The Balaban J connectivity index is 0. The Bertz CT molecular complexity index is 377. The van der Waals surface area contributed by atoms with Crippen molar-refractivity contribution >= 4 is 47.9 Å². The van der Waals surface area contributed by atoms with Crippen LogP contribution in [-0.4, -0.2) is 60.1 Å². The number of aliphatic carboxylic acids is 1. The lowest BCUT2D eigenvalue weighted by Gasteiger charge is -2.14. The van der Waals surface area contributed by atoms with Gasteiger partial charge < -0.3 is 20.3 Å². The van der Waals surface area contributed by atoms with E-state index >= 15 is 0 Å². The molecule has 0 aromatic carbocycles. The lowest BCUT2D eigenvalue weighted by atomic mass is 10.2. The zero-order valence-corrected chi connectivity index (χ0v) is 12.5. The summed E-state index contributed by atoms with van der Waals surface area (Å²) in [5.74, 6) is -4.17. The van der Waals surface area contributed by atoms with Crippen molar-refractivity contribution in [2.75, 3.05) is 20.0 Å². The second-order valence-electron chi connectivity index (χ2n) is 3.41. The Kier molecular flexibility index (Phi) is 11.0. The van der Waals surface area contributed by atoms with E-state index < -0.39 is 41.4 Å². The number of halogens is 1. The molecule has 0 aromatic heterocycles. The molecule has 0 radical (unpaired) electrons. The highest BCUT2D eigenvalue weighted by Crippen LogP contribution is 2.18. The molecule has 0 aromatic rings.